The van der Waals surface area contributed by atoms with Crippen LogP contribution < -0.4 is 10.1 Å². The van der Waals surface area contributed by atoms with Crippen molar-refractivity contribution in [1.29, 1.82) is 0 Å². The molecule has 0 aliphatic carbocycles. The zero-order valence-corrected chi connectivity index (χ0v) is 16.2. The third-order valence-electron chi connectivity index (χ3n) is 5.59. The van der Waals surface area contributed by atoms with E-state index in [4.69, 9.17) is 4.74 Å². The highest BCUT2D eigenvalue weighted by Crippen LogP contribution is 2.33. The molecule has 7 heteroatoms. The molecule has 2 atom stereocenters. The molecule has 27 heavy (non-hydrogen) atoms. The molecule has 1 aromatic carbocycles. The standard InChI is InChI=1S/C20H27N3O4/c1-4-20(15-7-9-16(27-3)10-8-15)18(25)23(19(26)21-20)13-17(24)22-11-5-6-14(2)12-22/h7-10,14H,4-6,11-13H2,1-3H3,(H,21,26)/t14-,20+/m0/s1. The minimum absolute atomic E-state index is 0.174. The van der Waals surface area contributed by atoms with Crippen LogP contribution in [-0.2, 0) is 15.1 Å². The minimum Gasteiger partial charge on any atom is -0.497 e. The van der Waals surface area contributed by atoms with Crippen LogP contribution in [0.3, 0.4) is 0 Å². The molecule has 4 amide bonds. The van der Waals surface area contributed by atoms with Gasteiger partial charge in [0.25, 0.3) is 5.91 Å². The second-order valence-electron chi connectivity index (χ2n) is 7.40. The SMILES string of the molecule is CC[C@]1(c2ccc(OC)cc2)NC(=O)N(CC(=O)N2CCC[C@H](C)C2)C1=O. The van der Waals surface area contributed by atoms with E-state index in [-0.39, 0.29) is 18.4 Å². The van der Waals surface area contributed by atoms with E-state index in [0.29, 0.717) is 36.7 Å². The second kappa shape index (κ2) is 7.58. The van der Waals surface area contributed by atoms with Crippen LogP contribution in [0, 0.1) is 5.92 Å². The summed E-state index contributed by atoms with van der Waals surface area (Å²) in [6, 6.07) is 6.55. The van der Waals surface area contributed by atoms with Gasteiger partial charge in [0, 0.05) is 13.1 Å². The van der Waals surface area contributed by atoms with Gasteiger partial charge in [-0.1, -0.05) is 26.0 Å². The van der Waals surface area contributed by atoms with Gasteiger partial charge in [-0.2, -0.15) is 0 Å². The lowest BCUT2D eigenvalue weighted by Gasteiger charge is -2.32. The lowest BCUT2D eigenvalue weighted by atomic mass is 9.87. The molecule has 0 bridgehead atoms. The Morgan fingerprint density at radius 1 is 1.30 bits per heavy atom. The molecule has 0 aromatic heterocycles. The largest absolute Gasteiger partial charge is 0.497 e. The molecule has 2 aliphatic rings. The number of methoxy groups -OCH3 is 1. The molecule has 0 spiro atoms. The number of ether oxygens (including phenoxy) is 1. The summed E-state index contributed by atoms with van der Waals surface area (Å²) in [5, 5.41) is 2.81. The molecule has 146 valence electrons. The maximum atomic E-state index is 13.1. The molecule has 3 rings (SSSR count). The van der Waals surface area contributed by atoms with Crippen LogP contribution in [-0.4, -0.2) is 54.4 Å². The van der Waals surface area contributed by atoms with Crippen molar-refractivity contribution in [2.75, 3.05) is 26.7 Å². The Hall–Kier alpha value is -2.57. The number of imide groups is 1. The maximum Gasteiger partial charge on any atom is 0.325 e. The van der Waals surface area contributed by atoms with E-state index in [1.54, 1.807) is 36.3 Å². The Bertz CT molecular complexity index is 733. The lowest BCUT2D eigenvalue weighted by molar-refractivity contribution is -0.140. The fraction of sp³-hybridized carbons (Fsp3) is 0.550. The molecular weight excluding hydrogens is 346 g/mol. The number of urea groups is 1. The van der Waals surface area contributed by atoms with Gasteiger partial charge in [-0.15, -0.1) is 0 Å². The first-order valence-corrected chi connectivity index (χ1v) is 9.47. The van der Waals surface area contributed by atoms with Gasteiger partial charge in [-0.3, -0.25) is 14.5 Å². The van der Waals surface area contributed by atoms with Crippen molar-refractivity contribution in [3.8, 4) is 5.75 Å². The Morgan fingerprint density at radius 2 is 2.00 bits per heavy atom. The number of hydrogen-bond donors (Lipinski definition) is 1. The molecule has 0 unspecified atom stereocenters. The van der Waals surface area contributed by atoms with Crippen molar-refractivity contribution in [1.82, 2.24) is 15.1 Å². The highest BCUT2D eigenvalue weighted by Gasteiger charge is 2.51. The van der Waals surface area contributed by atoms with Crippen LogP contribution in [0.25, 0.3) is 0 Å². The number of likely N-dealkylation sites (tertiary alicyclic amines) is 1. The van der Waals surface area contributed by atoms with E-state index >= 15 is 0 Å². The molecule has 2 fully saturated rings. The normalized spacial score (nSPS) is 25.5. The van der Waals surface area contributed by atoms with Gasteiger partial charge in [0.2, 0.25) is 5.91 Å². The monoisotopic (exact) mass is 373 g/mol. The van der Waals surface area contributed by atoms with Crippen LogP contribution in [0.1, 0.15) is 38.7 Å². The van der Waals surface area contributed by atoms with Crippen LogP contribution >= 0.6 is 0 Å². The maximum absolute atomic E-state index is 13.1. The fourth-order valence-corrected chi connectivity index (χ4v) is 3.94. The van der Waals surface area contributed by atoms with Gasteiger partial charge in [-0.05, 0) is 42.9 Å². The molecule has 2 saturated heterocycles. The van der Waals surface area contributed by atoms with E-state index in [2.05, 4.69) is 12.2 Å². The lowest BCUT2D eigenvalue weighted by Crippen LogP contribution is -2.47. The van der Waals surface area contributed by atoms with Gasteiger partial charge in [0.15, 0.2) is 0 Å². The highest BCUT2D eigenvalue weighted by atomic mass is 16.5. The molecule has 0 radical (unpaired) electrons. The zero-order valence-electron chi connectivity index (χ0n) is 16.2. The smallest absolute Gasteiger partial charge is 0.325 e. The van der Waals surface area contributed by atoms with E-state index < -0.39 is 11.6 Å². The number of benzene rings is 1. The van der Waals surface area contributed by atoms with Crippen molar-refractivity contribution < 1.29 is 19.1 Å². The predicted octanol–water partition coefficient (Wildman–Crippen LogP) is 2.11. The van der Waals surface area contributed by atoms with Gasteiger partial charge in [0.1, 0.15) is 17.8 Å². The number of amides is 4. The number of nitrogens with zero attached hydrogens (tertiary/aromatic N) is 2. The number of piperidine rings is 1. The van der Waals surface area contributed by atoms with Crippen LogP contribution in [0.5, 0.6) is 5.75 Å². The number of nitrogens with one attached hydrogen (secondary N) is 1. The van der Waals surface area contributed by atoms with Crippen LogP contribution in [0.15, 0.2) is 24.3 Å². The summed E-state index contributed by atoms with van der Waals surface area (Å²) in [5.74, 6) is 0.568. The average Bonchev–Trinajstić information content (AvgIpc) is 2.93. The third kappa shape index (κ3) is 3.50. The van der Waals surface area contributed by atoms with E-state index in [9.17, 15) is 14.4 Å². The zero-order chi connectivity index (χ0) is 19.6. The topological polar surface area (TPSA) is 79.0 Å². The quantitative estimate of drug-likeness (QED) is 0.802. The minimum atomic E-state index is -1.14. The van der Waals surface area contributed by atoms with Crippen LogP contribution in [0.4, 0.5) is 4.79 Å². The second-order valence-corrected chi connectivity index (χ2v) is 7.40. The summed E-state index contributed by atoms with van der Waals surface area (Å²) in [7, 11) is 1.57. The van der Waals surface area contributed by atoms with Gasteiger partial charge in [0.05, 0.1) is 7.11 Å². The summed E-state index contributed by atoms with van der Waals surface area (Å²) in [5.41, 5.74) is -0.454. The molecule has 2 heterocycles. The summed E-state index contributed by atoms with van der Waals surface area (Å²) >= 11 is 0. The van der Waals surface area contributed by atoms with Crippen molar-refractivity contribution in [2.24, 2.45) is 5.92 Å². The first-order chi connectivity index (χ1) is 12.9. The highest BCUT2D eigenvalue weighted by molar-refractivity contribution is 6.09. The number of rotatable bonds is 5. The number of hydrogen-bond acceptors (Lipinski definition) is 4. The molecule has 1 N–H and O–H groups in total. The van der Waals surface area contributed by atoms with Gasteiger partial charge in [-0.25, -0.2) is 4.79 Å². The summed E-state index contributed by atoms with van der Waals surface area (Å²) in [6.45, 7) is 5.11. The molecule has 2 aliphatic heterocycles. The van der Waals surface area contributed by atoms with E-state index in [1.807, 2.05) is 6.92 Å². The Balaban J connectivity index is 1.79. The fourth-order valence-electron chi connectivity index (χ4n) is 3.94. The molecule has 1 aromatic rings. The Labute approximate surface area is 159 Å². The molecule has 0 saturated carbocycles. The number of carbonyl (C=O) groups is 3. The number of carbonyl (C=O) groups excluding carboxylic acids is 3. The first kappa shape index (κ1) is 19.2. The summed E-state index contributed by atoms with van der Waals surface area (Å²) in [6.07, 6.45) is 2.45. The van der Waals surface area contributed by atoms with Crippen molar-refractivity contribution in [3.05, 3.63) is 29.8 Å². The Kier molecular flexibility index (Phi) is 5.39. The Morgan fingerprint density at radius 3 is 2.59 bits per heavy atom. The molecular formula is C20H27N3O4. The third-order valence-corrected chi connectivity index (χ3v) is 5.59. The summed E-state index contributed by atoms with van der Waals surface area (Å²) < 4.78 is 5.16. The first-order valence-electron chi connectivity index (χ1n) is 9.47. The van der Waals surface area contributed by atoms with Crippen LogP contribution in [0.2, 0.25) is 0 Å². The van der Waals surface area contributed by atoms with E-state index in [1.165, 1.54) is 0 Å². The van der Waals surface area contributed by atoms with Crippen molar-refractivity contribution in [3.63, 3.8) is 0 Å². The molecule has 7 nitrogen and oxygen atoms in total. The predicted molar refractivity (Wildman–Crippen MR) is 100 cm³/mol. The van der Waals surface area contributed by atoms with Gasteiger partial charge < -0.3 is 15.0 Å². The average molecular weight is 373 g/mol. The van der Waals surface area contributed by atoms with Crippen molar-refractivity contribution >= 4 is 17.8 Å². The van der Waals surface area contributed by atoms with E-state index in [0.717, 1.165) is 17.7 Å². The van der Waals surface area contributed by atoms with Gasteiger partial charge >= 0.3 is 6.03 Å². The van der Waals surface area contributed by atoms with Crippen molar-refractivity contribution in [2.45, 2.75) is 38.6 Å². The summed E-state index contributed by atoms with van der Waals surface area (Å²) in [4.78, 5) is 41.1.